The molecule has 1 fully saturated rings. The van der Waals surface area contributed by atoms with E-state index < -0.39 is 0 Å². The third kappa shape index (κ3) is 2.35. The van der Waals surface area contributed by atoms with Crippen molar-refractivity contribution in [1.82, 2.24) is 5.32 Å². The molecule has 0 saturated carbocycles. The number of rotatable bonds is 1. The summed E-state index contributed by atoms with van der Waals surface area (Å²) < 4.78 is 5.11. The zero-order valence-corrected chi connectivity index (χ0v) is 5.93. The van der Waals surface area contributed by atoms with Crippen molar-refractivity contribution in [3.63, 3.8) is 0 Å². The van der Waals surface area contributed by atoms with Gasteiger partial charge in [-0.05, 0) is 12.8 Å². The predicted octanol–water partition coefficient (Wildman–Crippen LogP) is 0.116. The predicted molar refractivity (Wildman–Crippen MR) is 37.3 cm³/mol. The van der Waals surface area contributed by atoms with Gasteiger partial charge in [-0.15, -0.1) is 0 Å². The van der Waals surface area contributed by atoms with Crippen LogP contribution in [0, 0.1) is 6.92 Å². The number of hydrogen-bond donors (Lipinski definition) is 1. The Morgan fingerprint density at radius 3 is 2.60 bits per heavy atom. The average Bonchev–Trinajstić information content (AvgIpc) is 1.88. The average molecular weight is 142 g/mol. The Hall–Kier alpha value is -0.570. The molecule has 1 rings (SSSR count). The standard InChI is InChI=1S/C7H12NO2/c1-6(9)8-7-2-4-10-5-3-7/h7H,1-5H2,(H,8,9). The number of carbonyl (C=O) groups excluding carboxylic acids is 1. The van der Waals surface area contributed by atoms with Gasteiger partial charge < -0.3 is 10.1 Å². The molecule has 0 aliphatic carbocycles. The van der Waals surface area contributed by atoms with E-state index in [-0.39, 0.29) is 5.91 Å². The largest absolute Gasteiger partial charge is 0.381 e. The Bertz CT molecular complexity index is 119. The summed E-state index contributed by atoms with van der Waals surface area (Å²) in [4.78, 5) is 10.4. The molecule has 3 heteroatoms. The zero-order valence-electron chi connectivity index (χ0n) is 5.93. The van der Waals surface area contributed by atoms with E-state index in [1.807, 2.05) is 0 Å². The maximum atomic E-state index is 10.4. The maximum Gasteiger partial charge on any atom is 0.220 e. The Morgan fingerprint density at radius 2 is 2.10 bits per heavy atom. The van der Waals surface area contributed by atoms with Gasteiger partial charge in [0.1, 0.15) is 0 Å². The molecule has 3 nitrogen and oxygen atoms in total. The summed E-state index contributed by atoms with van der Waals surface area (Å²) in [6.45, 7) is 4.75. The minimum absolute atomic E-state index is 0.188. The van der Waals surface area contributed by atoms with Gasteiger partial charge in [-0.1, -0.05) is 0 Å². The van der Waals surface area contributed by atoms with Crippen LogP contribution in [0.2, 0.25) is 0 Å². The van der Waals surface area contributed by atoms with Crippen LogP contribution in [-0.4, -0.2) is 25.2 Å². The van der Waals surface area contributed by atoms with Crippen LogP contribution in [0.5, 0.6) is 0 Å². The van der Waals surface area contributed by atoms with Crippen LogP contribution in [0.4, 0.5) is 0 Å². The van der Waals surface area contributed by atoms with E-state index in [1.165, 1.54) is 0 Å². The van der Waals surface area contributed by atoms with Crippen LogP contribution in [0.25, 0.3) is 0 Å². The summed E-state index contributed by atoms with van der Waals surface area (Å²) in [6, 6.07) is 0.291. The summed E-state index contributed by atoms with van der Waals surface area (Å²) in [5, 5.41) is 2.75. The van der Waals surface area contributed by atoms with E-state index in [0.29, 0.717) is 6.04 Å². The number of amides is 1. The first-order chi connectivity index (χ1) is 4.79. The summed E-state index contributed by atoms with van der Waals surface area (Å²) in [7, 11) is 0. The molecule has 1 heterocycles. The maximum absolute atomic E-state index is 10.4. The number of ether oxygens (including phenoxy) is 1. The van der Waals surface area contributed by atoms with Gasteiger partial charge in [0.2, 0.25) is 5.91 Å². The fourth-order valence-electron chi connectivity index (χ4n) is 1.07. The molecule has 0 unspecified atom stereocenters. The van der Waals surface area contributed by atoms with Crippen LogP contribution >= 0.6 is 0 Å². The molecule has 0 aromatic carbocycles. The smallest absolute Gasteiger partial charge is 0.220 e. The molecule has 0 bridgehead atoms. The topological polar surface area (TPSA) is 38.3 Å². The second kappa shape index (κ2) is 3.56. The normalized spacial score (nSPS) is 20.5. The molecule has 1 aliphatic heterocycles. The van der Waals surface area contributed by atoms with Crippen molar-refractivity contribution in [1.29, 1.82) is 0 Å². The van der Waals surface area contributed by atoms with Crippen LogP contribution in [0.1, 0.15) is 12.8 Å². The summed E-state index contributed by atoms with van der Waals surface area (Å²) >= 11 is 0. The Morgan fingerprint density at radius 1 is 1.50 bits per heavy atom. The second-order valence-corrected chi connectivity index (χ2v) is 2.45. The van der Waals surface area contributed by atoms with Crippen molar-refractivity contribution in [3.05, 3.63) is 6.92 Å². The highest BCUT2D eigenvalue weighted by Gasteiger charge is 2.13. The Kier molecular flexibility index (Phi) is 2.68. The molecular formula is C7H12NO2. The summed E-state index contributed by atoms with van der Waals surface area (Å²) in [6.07, 6.45) is 1.84. The molecule has 1 radical (unpaired) electrons. The lowest BCUT2D eigenvalue weighted by Crippen LogP contribution is -2.37. The first-order valence-electron chi connectivity index (χ1n) is 3.49. The van der Waals surface area contributed by atoms with Gasteiger partial charge in [-0.3, -0.25) is 4.79 Å². The monoisotopic (exact) mass is 142 g/mol. The van der Waals surface area contributed by atoms with Gasteiger partial charge in [0.05, 0.1) is 0 Å². The third-order valence-electron chi connectivity index (χ3n) is 1.59. The minimum atomic E-state index is -0.188. The van der Waals surface area contributed by atoms with Crippen LogP contribution < -0.4 is 5.32 Å². The molecule has 57 valence electrons. The molecule has 1 saturated heterocycles. The lowest BCUT2D eigenvalue weighted by molar-refractivity contribution is -0.118. The molecule has 1 N–H and O–H groups in total. The fourth-order valence-corrected chi connectivity index (χ4v) is 1.07. The minimum Gasteiger partial charge on any atom is -0.381 e. The summed E-state index contributed by atoms with van der Waals surface area (Å²) in [5.74, 6) is -0.188. The molecule has 0 aromatic heterocycles. The van der Waals surface area contributed by atoms with Crippen molar-refractivity contribution in [3.8, 4) is 0 Å². The van der Waals surface area contributed by atoms with Gasteiger partial charge in [0, 0.05) is 26.2 Å². The lowest BCUT2D eigenvalue weighted by atomic mass is 10.1. The van der Waals surface area contributed by atoms with E-state index in [9.17, 15) is 4.79 Å². The van der Waals surface area contributed by atoms with Gasteiger partial charge in [-0.25, -0.2) is 0 Å². The third-order valence-corrected chi connectivity index (χ3v) is 1.59. The molecule has 0 spiro atoms. The fraction of sp³-hybridized carbons (Fsp3) is 0.714. The first kappa shape index (κ1) is 7.54. The highest BCUT2D eigenvalue weighted by Crippen LogP contribution is 2.05. The van der Waals surface area contributed by atoms with Gasteiger partial charge >= 0.3 is 0 Å². The van der Waals surface area contributed by atoms with Crippen molar-refractivity contribution in [2.24, 2.45) is 0 Å². The Labute approximate surface area is 60.7 Å². The van der Waals surface area contributed by atoms with Crippen molar-refractivity contribution < 1.29 is 9.53 Å². The van der Waals surface area contributed by atoms with E-state index >= 15 is 0 Å². The molecule has 10 heavy (non-hydrogen) atoms. The van der Waals surface area contributed by atoms with Crippen LogP contribution in [0.15, 0.2) is 0 Å². The van der Waals surface area contributed by atoms with E-state index in [4.69, 9.17) is 4.74 Å². The Balaban J connectivity index is 2.19. The SMILES string of the molecule is [CH2]C(=O)NC1CCOCC1. The van der Waals surface area contributed by atoms with Crippen LogP contribution in [-0.2, 0) is 9.53 Å². The molecule has 1 aliphatic rings. The van der Waals surface area contributed by atoms with Gasteiger partial charge in [0.15, 0.2) is 0 Å². The number of carbonyl (C=O) groups is 1. The van der Waals surface area contributed by atoms with Gasteiger partial charge in [0.25, 0.3) is 0 Å². The number of nitrogens with one attached hydrogen (secondary N) is 1. The summed E-state index contributed by atoms with van der Waals surface area (Å²) in [5.41, 5.74) is 0. The van der Waals surface area contributed by atoms with E-state index in [0.717, 1.165) is 26.1 Å². The molecule has 1 amide bonds. The quantitative estimate of drug-likeness (QED) is 0.564. The van der Waals surface area contributed by atoms with Crippen LogP contribution in [0.3, 0.4) is 0 Å². The lowest BCUT2D eigenvalue weighted by Gasteiger charge is -2.22. The number of hydrogen-bond acceptors (Lipinski definition) is 2. The van der Waals surface area contributed by atoms with E-state index in [1.54, 1.807) is 0 Å². The van der Waals surface area contributed by atoms with Gasteiger partial charge in [-0.2, -0.15) is 0 Å². The zero-order chi connectivity index (χ0) is 7.40. The van der Waals surface area contributed by atoms with Crippen molar-refractivity contribution >= 4 is 5.91 Å². The van der Waals surface area contributed by atoms with Crippen molar-refractivity contribution in [2.45, 2.75) is 18.9 Å². The molecule has 0 aromatic rings. The molecule has 0 atom stereocenters. The van der Waals surface area contributed by atoms with E-state index in [2.05, 4.69) is 12.2 Å². The second-order valence-electron chi connectivity index (χ2n) is 2.45. The molecular weight excluding hydrogens is 130 g/mol. The van der Waals surface area contributed by atoms with Crippen molar-refractivity contribution in [2.75, 3.05) is 13.2 Å². The first-order valence-corrected chi connectivity index (χ1v) is 3.49. The highest BCUT2D eigenvalue weighted by molar-refractivity contribution is 5.80. The highest BCUT2D eigenvalue weighted by atomic mass is 16.5.